The molecule has 0 fully saturated rings. The number of ether oxygens (including phenoxy) is 1. The molecule has 0 amide bonds. The van der Waals surface area contributed by atoms with Gasteiger partial charge in [-0.25, -0.2) is 38.3 Å². The van der Waals surface area contributed by atoms with E-state index in [2.05, 4.69) is 50.7 Å². The number of nitrogens with zero attached hydrogens (tertiary/aromatic N) is 9. The van der Waals surface area contributed by atoms with Gasteiger partial charge in [0.2, 0.25) is 25.3 Å². The van der Waals surface area contributed by atoms with Crippen LogP contribution >= 0.6 is 0 Å². The largest absolute Gasteiger partial charge is 0.494 e. The highest BCUT2D eigenvalue weighted by molar-refractivity contribution is 7.90. The third kappa shape index (κ3) is 19.1. The molecule has 0 aliphatic heterocycles. The second-order valence-electron chi connectivity index (χ2n) is 20.8. The summed E-state index contributed by atoms with van der Waals surface area (Å²) in [5.74, 6) is 0.653. The zero-order valence-corrected chi connectivity index (χ0v) is 53.7. The van der Waals surface area contributed by atoms with Crippen LogP contribution in [0.4, 0.5) is 39.5 Å². The Hall–Kier alpha value is -8.83. The van der Waals surface area contributed by atoms with Crippen LogP contribution in [0.5, 0.6) is 5.75 Å². The number of benzene rings is 3. The number of sulfone groups is 1. The van der Waals surface area contributed by atoms with E-state index in [0.717, 1.165) is 66.3 Å². The molecule has 93 heavy (non-hydrogen) atoms. The van der Waals surface area contributed by atoms with E-state index in [0.29, 0.717) is 24.0 Å². The van der Waals surface area contributed by atoms with Crippen molar-refractivity contribution in [3.63, 3.8) is 0 Å². The van der Waals surface area contributed by atoms with Crippen LogP contribution in [0.2, 0.25) is 0 Å². The predicted molar refractivity (Wildman–Crippen MR) is 333 cm³/mol. The monoisotopic (exact) mass is 1350 g/mol. The standard InChI is InChI=1S/C22H22F3N3O3S.C22H22F3N3O2S.C20H18F3N3O3S/c1-4-15-7-6-14(10-16(15)5-2)12-28-13-17(8-9-20(28)29)18-11-19(22(23,24)25)27-21(26-18)32(3,30)31;1-4-15-7-6-14(10-16(15)5-2)12-28-13-17(8-9-20(28)29)18-11-19(22(23,24)25)27-21(26-18)31(3)30;1-3-29-15-6-4-5-13(9-15)11-26-12-14(7-8-18(26)27)16-10-17(20(21,22)23)25-19(24-16)30(2)28/h6-11,13H,4-5,12H2,1-3H3;6-11,13H,4-5,12H2,1-3H3;4-10,12H,3,11H2,1-2H3. The van der Waals surface area contributed by atoms with Crippen LogP contribution in [0.3, 0.4) is 0 Å². The fourth-order valence-corrected chi connectivity index (χ4v) is 10.8. The van der Waals surface area contributed by atoms with Gasteiger partial charge >= 0.3 is 18.5 Å². The predicted octanol–water partition coefficient (Wildman–Crippen LogP) is 11.6. The lowest BCUT2D eigenvalue weighted by atomic mass is 10.00. The first-order valence-corrected chi connectivity index (χ1v) is 33.5. The minimum absolute atomic E-state index is 0.0446. The molecule has 2 unspecified atom stereocenters. The molecular weight excluding hydrogens is 1290 g/mol. The van der Waals surface area contributed by atoms with Crippen LogP contribution in [0.15, 0.2) is 164 Å². The fourth-order valence-electron chi connectivity index (χ4n) is 9.39. The molecule has 0 bridgehead atoms. The second-order valence-corrected chi connectivity index (χ2v) is 25.2. The number of halogens is 9. The highest BCUT2D eigenvalue weighted by Crippen LogP contribution is 2.34. The van der Waals surface area contributed by atoms with Crippen LogP contribution in [0, 0.1) is 0 Å². The van der Waals surface area contributed by atoms with E-state index in [4.69, 9.17) is 4.74 Å². The summed E-state index contributed by atoms with van der Waals surface area (Å²) in [7, 11) is -7.69. The van der Waals surface area contributed by atoms with Gasteiger partial charge in [-0.2, -0.15) is 39.5 Å². The Morgan fingerprint density at radius 2 is 0.796 bits per heavy atom. The van der Waals surface area contributed by atoms with Gasteiger partial charge in [-0.05, 0) is 120 Å². The van der Waals surface area contributed by atoms with Crippen LogP contribution in [0.1, 0.15) is 90.6 Å². The molecule has 0 saturated carbocycles. The third-order valence-corrected chi connectivity index (χ3v) is 16.2. The number of alkyl halides is 9. The Balaban J connectivity index is 0.000000198. The minimum Gasteiger partial charge on any atom is -0.494 e. The minimum atomic E-state index is -4.86. The topological polar surface area (TPSA) is 221 Å². The molecule has 29 heteroatoms. The molecule has 492 valence electrons. The number of hydrogen-bond donors (Lipinski definition) is 0. The number of rotatable bonds is 18. The van der Waals surface area contributed by atoms with E-state index >= 15 is 0 Å². The molecule has 6 heterocycles. The van der Waals surface area contributed by atoms with E-state index in [1.807, 2.05) is 56.3 Å². The summed E-state index contributed by atoms with van der Waals surface area (Å²) in [4.78, 5) is 58.7. The van der Waals surface area contributed by atoms with Gasteiger partial charge < -0.3 is 18.4 Å². The van der Waals surface area contributed by atoms with Crippen LogP contribution < -0.4 is 21.4 Å². The average Bonchev–Trinajstić information content (AvgIpc) is 0.814. The molecule has 0 saturated heterocycles. The summed E-state index contributed by atoms with van der Waals surface area (Å²) in [5.41, 5.74) is 3.08. The second kappa shape index (κ2) is 30.3. The molecule has 9 aromatic rings. The molecule has 0 radical (unpaired) electrons. The molecule has 6 aromatic heterocycles. The van der Waals surface area contributed by atoms with Crippen molar-refractivity contribution in [1.29, 1.82) is 0 Å². The zero-order valence-electron chi connectivity index (χ0n) is 51.3. The molecule has 0 N–H and O–H groups in total. The summed E-state index contributed by atoms with van der Waals surface area (Å²) < 4.78 is 176. The van der Waals surface area contributed by atoms with Crippen molar-refractivity contribution in [3.05, 3.63) is 221 Å². The Bertz CT molecular complexity index is 4560. The van der Waals surface area contributed by atoms with E-state index in [1.54, 1.807) is 18.2 Å². The lowest BCUT2D eigenvalue weighted by molar-refractivity contribution is -0.142. The van der Waals surface area contributed by atoms with E-state index in [1.165, 1.54) is 97.9 Å². The van der Waals surface area contributed by atoms with Crippen LogP contribution in [-0.4, -0.2) is 85.8 Å². The van der Waals surface area contributed by atoms with Gasteiger partial charge in [-0.1, -0.05) is 76.2 Å². The van der Waals surface area contributed by atoms with E-state index in [9.17, 15) is 70.7 Å². The molecule has 0 aliphatic carbocycles. The quantitative estimate of drug-likeness (QED) is 0.0576. The number of aromatic nitrogens is 9. The Morgan fingerprint density at radius 1 is 0.441 bits per heavy atom. The van der Waals surface area contributed by atoms with Gasteiger partial charge in [0, 0.05) is 72.2 Å². The normalized spacial score (nSPS) is 12.5. The molecule has 0 aliphatic rings. The van der Waals surface area contributed by atoms with Crippen LogP contribution in [-0.2, 0) is 95.3 Å². The van der Waals surface area contributed by atoms with Gasteiger partial charge in [0.15, 0.2) is 0 Å². The third-order valence-electron chi connectivity index (χ3n) is 14.0. The molecule has 9 rings (SSSR count). The van der Waals surface area contributed by atoms with Crippen molar-refractivity contribution in [1.82, 2.24) is 43.6 Å². The van der Waals surface area contributed by atoms with Crippen molar-refractivity contribution in [2.24, 2.45) is 0 Å². The van der Waals surface area contributed by atoms with Crippen molar-refractivity contribution in [3.8, 4) is 39.5 Å². The summed E-state index contributed by atoms with van der Waals surface area (Å²) in [6.07, 6.45) is -3.39. The lowest BCUT2D eigenvalue weighted by Gasteiger charge is -2.13. The Labute approximate surface area is 533 Å². The van der Waals surface area contributed by atoms with Gasteiger partial charge in [-0.3, -0.25) is 22.8 Å². The lowest BCUT2D eigenvalue weighted by Crippen LogP contribution is -2.20. The number of aryl methyl sites for hydroxylation is 4. The molecular formula is C64H62F9N9O8S3. The van der Waals surface area contributed by atoms with Crippen molar-refractivity contribution >= 4 is 31.4 Å². The smallest absolute Gasteiger partial charge is 0.433 e. The first-order chi connectivity index (χ1) is 43.7. The van der Waals surface area contributed by atoms with Crippen molar-refractivity contribution < 1.29 is 61.1 Å². The van der Waals surface area contributed by atoms with Gasteiger partial charge in [-0.15, -0.1) is 0 Å². The SMILES string of the molecule is CCOc1cccc(Cn2cc(-c3cc(C(F)(F)F)nc(S(C)=O)n3)ccc2=O)c1.CCc1ccc(Cn2cc(-c3cc(C(F)(F)F)nc(S(C)(=O)=O)n3)ccc2=O)cc1CC.CCc1ccc(Cn2cc(-c3cc(C(F)(F)F)nc(S(C)=O)n3)ccc2=O)cc1CC. The van der Waals surface area contributed by atoms with Crippen LogP contribution in [0.25, 0.3) is 33.8 Å². The van der Waals surface area contributed by atoms with Gasteiger partial charge in [0.05, 0.1) is 64.9 Å². The van der Waals surface area contributed by atoms with E-state index < -0.39 is 82.5 Å². The Kier molecular flexibility index (Phi) is 23.3. The number of pyridine rings is 3. The van der Waals surface area contributed by atoms with Crippen molar-refractivity contribution in [2.75, 3.05) is 25.4 Å². The summed E-state index contributed by atoms with van der Waals surface area (Å²) >= 11 is 0. The molecule has 3 aromatic carbocycles. The van der Waals surface area contributed by atoms with Crippen molar-refractivity contribution in [2.45, 2.75) is 114 Å². The molecule has 2 atom stereocenters. The Morgan fingerprint density at radius 3 is 1.13 bits per heavy atom. The maximum Gasteiger partial charge on any atom is 0.433 e. The average molecular weight is 1350 g/mol. The summed E-state index contributed by atoms with van der Waals surface area (Å²) in [6.45, 7) is 11.3. The van der Waals surface area contributed by atoms with Gasteiger partial charge in [0.25, 0.3) is 16.7 Å². The maximum absolute atomic E-state index is 13.3. The maximum atomic E-state index is 13.3. The highest BCUT2D eigenvalue weighted by Gasteiger charge is 2.37. The van der Waals surface area contributed by atoms with E-state index in [-0.39, 0.29) is 64.5 Å². The molecule has 17 nitrogen and oxygen atoms in total. The van der Waals surface area contributed by atoms with Gasteiger partial charge in [0.1, 0.15) is 22.8 Å². The molecule has 0 spiro atoms. The summed E-state index contributed by atoms with van der Waals surface area (Å²) in [5, 5.41) is -1.77. The number of hydrogen-bond acceptors (Lipinski definition) is 14. The zero-order chi connectivity index (χ0) is 68.3. The fraction of sp³-hybridized carbons (Fsp3) is 0.297. The first-order valence-electron chi connectivity index (χ1n) is 28.5. The first kappa shape index (κ1) is 71.6. The summed E-state index contributed by atoms with van der Waals surface area (Å²) in [6, 6.07) is 29.2. The highest BCUT2D eigenvalue weighted by atomic mass is 32.2.